The van der Waals surface area contributed by atoms with Gasteiger partial charge in [0.25, 0.3) is 0 Å². The first kappa shape index (κ1) is 19.4. The van der Waals surface area contributed by atoms with E-state index in [1.165, 1.54) is 25.7 Å². The van der Waals surface area contributed by atoms with Crippen LogP contribution in [0.1, 0.15) is 37.7 Å². The Bertz CT molecular complexity index is 577. The lowest BCUT2D eigenvalue weighted by Crippen LogP contribution is -2.41. The van der Waals surface area contributed by atoms with Crippen LogP contribution in [0.15, 0.2) is 17.1 Å². The predicted octanol–water partition coefficient (Wildman–Crippen LogP) is 3.73. The molecule has 24 heavy (non-hydrogen) atoms. The first-order chi connectivity index (χ1) is 11.3. The average Bonchev–Trinajstić information content (AvgIpc) is 2.94. The number of rotatable bonds is 3. The van der Waals surface area contributed by atoms with E-state index in [1.807, 2.05) is 12.1 Å². The summed E-state index contributed by atoms with van der Waals surface area (Å²) in [5.41, 5.74) is 1.05. The number of guanidine groups is 1. The van der Waals surface area contributed by atoms with Gasteiger partial charge in [0.1, 0.15) is 0 Å². The summed E-state index contributed by atoms with van der Waals surface area (Å²) in [5, 5.41) is 7.42. The summed E-state index contributed by atoms with van der Waals surface area (Å²) in [6, 6.07) is 4.45. The van der Waals surface area contributed by atoms with Gasteiger partial charge >= 0.3 is 0 Å². The molecule has 1 heterocycles. The van der Waals surface area contributed by atoms with Gasteiger partial charge in [-0.05, 0) is 30.5 Å². The molecule has 1 aromatic rings. The van der Waals surface area contributed by atoms with Gasteiger partial charge in [-0.1, -0.05) is 24.4 Å². The molecule has 0 bridgehead atoms. The maximum absolute atomic E-state index is 6.33. The Morgan fingerprint density at radius 1 is 1.21 bits per heavy atom. The number of nitrogens with zero attached hydrogens (tertiary/aromatic N) is 1. The molecule has 134 valence electrons. The van der Waals surface area contributed by atoms with Gasteiger partial charge in [-0.15, -0.1) is 24.0 Å². The van der Waals surface area contributed by atoms with Gasteiger partial charge in [-0.2, -0.15) is 0 Å². The maximum Gasteiger partial charge on any atom is 0.191 e. The minimum Gasteiger partial charge on any atom is -0.489 e. The quantitative estimate of drug-likeness (QED) is 0.406. The van der Waals surface area contributed by atoms with Gasteiger partial charge in [-0.25, -0.2) is 0 Å². The first-order valence-corrected chi connectivity index (χ1v) is 8.69. The molecule has 0 saturated heterocycles. The largest absolute Gasteiger partial charge is 0.489 e. The fraction of sp³-hybridized carbons (Fsp3) is 0.588. The second kappa shape index (κ2) is 9.56. The number of benzene rings is 1. The van der Waals surface area contributed by atoms with Crippen LogP contribution in [-0.2, 0) is 6.54 Å². The molecule has 7 heteroatoms. The van der Waals surface area contributed by atoms with Gasteiger partial charge in [0.2, 0.25) is 0 Å². The number of aliphatic imine (C=N–C) groups is 1. The van der Waals surface area contributed by atoms with Crippen molar-refractivity contribution >= 4 is 41.5 Å². The van der Waals surface area contributed by atoms with Gasteiger partial charge in [0.05, 0.1) is 18.2 Å². The number of hydrogen-bond donors (Lipinski definition) is 2. The van der Waals surface area contributed by atoms with Crippen molar-refractivity contribution < 1.29 is 9.47 Å². The third-order valence-corrected chi connectivity index (χ3v) is 4.52. The van der Waals surface area contributed by atoms with Crippen molar-refractivity contribution in [2.24, 2.45) is 4.99 Å². The highest BCUT2D eigenvalue weighted by molar-refractivity contribution is 14.0. The van der Waals surface area contributed by atoms with E-state index in [0.29, 0.717) is 36.6 Å². The summed E-state index contributed by atoms with van der Waals surface area (Å²) in [5.74, 6) is 2.21. The Balaban J connectivity index is 0.00000208. The Morgan fingerprint density at radius 2 is 1.96 bits per heavy atom. The highest BCUT2D eigenvalue weighted by atomic mass is 127. The number of hydrogen-bond acceptors (Lipinski definition) is 3. The minimum atomic E-state index is 0. The van der Waals surface area contributed by atoms with E-state index < -0.39 is 0 Å². The molecular formula is C17H25ClIN3O2. The summed E-state index contributed by atoms with van der Waals surface area (Å²) in [7, 11) is 1.80. The molecule has 2 aliphatic rings. The number of nitrogens with one attached hydrogen (secondary N) is 2. The molecule has 1 aliphatic heterocycles. The standard InChI is InChI=1S/C17H24ClN3O2.HI/c1-19-17(21-13-5-2-3-6-13)20-11-12-9-14(18)16-15(10-12)22-7-4-8-23-16;/h9-10,13H,2-8,11H2,1H3,(H2,19,20,21);1H. The third-order valence-electron chi connectivity index (χ3n) is 4.24. The third kappa shape index (κ3) is 5.05. The Hall–Kier alpha value is -0.890. The zero-order valence-corrected chi connectivity index (χ0v) is 17.0. The van der Waals surface area contributed by atoms with Crippen LogP contribution in [0.3, 0.4) is 0 Å². The molecule has 0 radical (unpaired) electrons. The second-order valence-corrected chi connectivity index (χ2v) is 6.41. The molecule has 0 atom stereocenters. The van der Waals surface area contributed by atoms with E-state index in [2.05, 4.69) is 15.6 Å². The van der Waals surface area contributed by atoms with E-state index in [4.69, 9.17) is 21.1 Å². The fourth-order valence-corrected chi connectivity index (χ4v) is 3.32. The van der Waals surface area contributed by atoms with Crippen LogP contribution in [0, 0.1) is 0 Å². The lowest BCUT2D eigenvalue weighted by molar-refractivity contribution is 0.297. The highest BCUT2D eigenvalue weighted by Crippen LogP contribution is 2.37. The van der Waals surface area contributed by atoms with Gasteiger partial charge in [-0.3, -0.25) is 4.99 Å². The van der Waals surface area contributed by atoms with E-state index in [1.54, 1.807) is 7.05 Å². The fourth-order valence-electron chi connectivity index (χ4n) is 3.03. The van der Waals surface area contributed by atoms with E-state index in [9.17, 15) is 0 Å². The van der Waals surface area contributed by atoms with E-state index in [0.717, 1.165) is 23.7 Å². The molecule has 1 aromatic carbocycles. The Kier molecular flexibility index (Phi) is 7.74. The second-order valence-electron chi connectivity index (χ2n) is 6.01. The van der Waals surface area contributed by atoms with Crippen LogP contribution >= 0.6 is 35.6 Å². The molecule has 1 aliphatic carbocycles. The summed E-state index contributed by atoms with van der Waals surface area (Å²) in [4.78, 5) is 4.30. The van der Waals surface area contributed by atoms with Crippen molar-refractivity contribution in [2.45, 2.75) is 44.7 Å². The van der Waals surface area contributed by atoms with Crippen LogP contribution in [0.5, 0.6) is 11.5 Å². The number of ether oxygens (including phenoxy) is 2. The van der Waals surface area contributed by atoms with Crippen molar-refractivity contribution in [1.82, 2.24) is 10.6 Å². The molecule has 2 N–H and O–H groups in total. The normalized spacial score (nSPS) is 17.8. The minimum absolute atomic E-state index is 0. The van der Waals surface area contributed by atoms with Crippen molar-refractivity contribution in [1.29, 1.82) is 0 Å². The molecule has 1 fully saturated rings. The zero-order valence-electron chi connectivity index (χ0n) is 13.9. The van der Waals surface area contributed by atoms with Gasteiger partial charge < -0.3 is 20.1 Å². The van der Waals surface area contributed by atoms with Gasteiger partial charge in [0.15, 0.2) is 17.5 Å². The average molecular weight is 466 g/mol. The number of halogens is 2. The molecule has 0 spiro atoms. The smallest absolute Gasteiger partial charge is 0.191 e. The summed E-state index contributed by atoms with van der Waals surface area (Å²) >= 11 is 6.33. The lowest BCUT2D eigenvalue weighted by Gasteiger charge is -2.17. The SMILES string of the molecule is CN=C(NCc1cc(Cl)c2c(c1)OCCCO2)NC1CCCC1.I. The van der Waals surface area contributed by atoms with Crippen LogP contribution in [0.2, 0.25) is 5.02 Å². The van der Waals surface area contributed by atoms with Gasteiger partial charge in [0, 0.05) is 26.1 Å². The first-order valence-electron chi connectivity index (χ1n) is 8.31. The molecule has 5 nitrogen and oxygen atoms in total. The summed E-state index contributed by atoms with van der Waals surface area (Å²) in [6.45, 7) is 1.94. The highest BCUT2D eigenvalue weighted by Gasteiger charge is 2.17. The van der Waals surface area contributed by atoms with Crippen molar-refractivity contribution in [3.63, 3.8) is 0 Å². The molecule has 3 rings (SSSR count). The summed E-state index contributed by atoms with van der Waals surface area (Å²) < 4.78 is 11.4. The van der Waals surface area contributed by atoms with Crippen molar-refractivity contribution in [3.05, 3.63) is 22.7 Å². The molecule has 1 saturated carbocycles. The van der Waals surface area contributed by atoms with Crippen molar-refractivity contribution in [3.8, 4) is 11.5 Å². The Labute approximate surface area is 165 Å². The molecule has 0 amide bonds. The zero-order chi connectivity index (χ0) is 16.1. The molecular weight excluding hydrogens is 441 g/mol. The predicted molar refractivity (Wildman–Crippen MR) is 108 cm³/mol. The topological polar surface area (TPSA) is 54.9 Å². The van der Waals surface area contributed by atoms with E-state index in [-0.39, 0.29) is 24.0 Å². The number of fused-ring (bicyclic) bond motifs is 1. The van der Waals surface area contributed by atoms with Crippen molar-refractivity contribution in [2.75, 3.05) is 20.3 Å². The maximum atomic E-state index is 6.33. The van der Waals surface area contributed by atoms with Crippen LogP contribution < -0.4 is 20.1 Å². The molecule has 0 aromatic heterocycles. The molecule has 0 unspecified atom stereocenters. The monoisotopic (exact) mass is 465 g/mol. The van der Waals surface area contributed by atoms with Crippen LogP contribution in [-0.4, -0.2) is 32.3 Å². The van der Waals surface area contributed by atoms with Crippen LogP contribution in [0.4, 0.5) is 0 Å². The summed E-state index contributed by atoms with van der Waals surface area (Å²) in [6.07, 6.45) is 5.91. The van der Waals surface area contributed by atoms with E-state index >= 15 is 0 Å². The van der Waals surface area contributed by atoms with Crippen LogP contribution in [0.25, 0.3) is 0 Å². The Morgan fingerprint density at radius 3 is 2.71 bits per heavy atom. The lowest BCUT2D eigenvalue weighted by atomic mass is 10.2.